The SMILES string of the molecule is Cc1ccc(NC(=O)CN(C)C(=O)OC(C)(C)C)cc1C. The molecule has 0 aliphatic carbocycles. The maximum atomic E-state index is 11.9. The predicted molar refractivity (Wildman–Crippen MR) is 83.4 cm³/mol. The summed E-state index contributed by atoms with van der Waals surface area (Å²) in [5.41, 5.74) is 2.42. The fourth-order valence-corrected chi connectivity index (χ4v) is 1.64. The summed E-state index contributed by atoms with van der Waals surface area (Å²) in [5, 5.41) is 2.77. The zero-order valence-corrected chi connectivity index (χ0v) is 13.6. The Balaban J connectivity index is 2.57. The molecule has 0 bridgehead atoms. The number of carbonyl (C=O) groups is 2. The molecule has 0 saturated heterocycles. The van der Waals surface area contributed by atoms with Gasteiger partial charge in [0.1, 0.15) is 12.1 Å². The minimum atomic E-state index is -0.574. The fraction of sp³-hybridized carbons (Fsp3) is 0.500. The van der Waals surface area contributed by atoms with Gasteiger partial charge in [-0.3, -0.25) is 4.79 Å². The van der Waals surface area contributed by atoms with E-state index in [2.05, 4.69) is 5.32 Å². The molecule has 0 heterocycles. The smallest absolute Gasteiger partial charge is 0.410 e. The van der Waals surface area contributed by atoms with Crippen LogP contribution in [0.2, 0.25) is 0 Å². The molecule has 0 saturated carbocycles. The Morgan fingerprint density at radius 2 is 1.81 bits per heavy atom. The summed E-state index contributed by atoms with van der Waals surface area (Å²) in [5.74, 6) is -0.258. The van der Waals surface area contributed by atoms with Gasteiger partial charge in [-0.2, -0.15) is 0 Å². The van der Waals surface area contributed by atoms with Crippen molar-refractivity contribution in [2.45, 2.75) is 40.2 Å². The molecule has 0 aliphatic rings. The number of amides is 2. The molecule has 0 aromatic heterocycles. The number of rotatable bonds is 3. The highest BCUT2D eigenvalue weighted by atomic mass is 16.6. The zero-order chi connectivity index (χ0) is 16.2. The minimum absolute atomic E-state index is 0.0537. The lowest BCUT2D eigenvalue weighted by molar-refractivity contribution is -0.117. The Hall–Kier alpha value is -2.04. The van der Waals surface area contributed by atoms with Crippen molar-refractivity contribution in [3.63, 3.8) is 0 Å². The number of hydrogen-bond acceptors (Lipinski definition) is 3. The first kappa shape index (κ1) is 17.0. The molecular formula is C16H24N2O3. The molecule has 0 aliphatic heterocycles. The maximum Gasteiger partial charge on any atom is 0.410 e. The highest BCUT2D eigenvalue weighted by Crippen LogP contribution is 2.14. The van der Waals surface area contributed by atoms with E-state index in [1.165, 1.54) is 17.5 Å². The van der Waals surface area contributed by atoms with E-state index in [9.17, 15) is 9.59 Å². The van der Waals surface area contributed by atoms with Crippen LogP contribution < -0.4 is 5.32 Å². The average molecular weight is 292 g/mol. The molecule has 1 aromatic rings. The number of carbonyl (C=O) groups excluding carboxylic acids is 2. The van der Waals surface area contributed by atoms with Crippen LogP contribution in [0.4, 0.5) is 10.5 Å². The second kappa shape index (κ2) is 6.61. The molecule has 0 radical (unpaired) electrons. The summed E-state index contributed by atoms with van der Waals surface area (Å²) in [4.78, 5) is 24.9. The summed E-state index contributed by atoms with van der Waals surface area (Å²) < 4.78 is 5.19. The van der Waals surface area contributed by atoms with E-state index in [1.807, 2.05) is 32.0 Å². The molecule has 0 atom stereocenters. The number of hydrogen-bond donors (Lipinski definition) is 1. The van der Waals surface area contributed by atoms with Crippen LogP contribution in [0.15, 0.2) is 18.2 Å². The van der Waals surface area contributed by atoms with Crippen LogP contribution in [0.1, 0.15) is 31.9 Å². The lowest BCUT2D eigenvalue weighted by Gasteiger charge is -2.24. The van der Waals surface area contributed by atoms with Crippen molar-refractivity contribution in [2.75, 3.05) is 18.9 Å². The van der Waals surface area contributed by atoms with Gasteiger partial charge in [0.25, 0.3) is 0 Å². The van der Waals surface area contributed by atoms with Crippen LogP contribution in [0.5, 0.6) is 0 Å². The van der Waals surface area contributed by atoms with Crippen molar-refractivity contribution in [3.8, 4) is 0 Å². The number of ether oxygens (including phenoxy) is 1. The van der Waals surface area contributed by atoms with Crippen LogP contribution in [0.25, 0.3) is 0 Å². The van der Waals surface area contributed by atoms with Crippen molar-refractivity contribution in [1.29, 1.82) is 0 Å². The Labute approximate surface area is 126 Å². The van der Waals surface area contributed by atoms with Gasteiger partial charge in [0.2, 0.25) is 5.91 Å². The molecule has 1 rings (SSSR count). The van der Waals surface area contributed by atoms with Crippen molar-refractivity contribution >= 4 is 17.7 Å². The molecule has 2 amide bonds. The third-order valence-electron chi connectivity index (χ3n) is 2.88. The van der Waals surface area contributed by atoms with Crippen LogP contribution in [-0.4, -0.2) is 36.1 Å². The van der Waals surface area contributed by atoms with Crippen molar-refractivity contribution in [2.24, 2.45) is 0 Å². The quantitative estimate of drug-likeness (QED) is 0.931. The zero-order valence-electron chi connectivity index (χ0n) is 13.6. The molecule has 0 fully saturated rings. The van der Waals surface area contributed by atoms with Crippen molar-refractivity contribution in [1.82, 2.24) is 4.90 Å². The first-order chi connectivity index (χ1) is 9.58. The van der Waals surface area contributed by atoms with E-state index in [1.54, 1.807) is 20.8 Å². The molecule has 21 heavy (non-hydrogen) atoms. The summed E-state index contributed by atoms with van der Waals surface area (Å²) in [6, 6.07) is 5.69. The molecule has 0 unspecified atom stereocenters. The lowest BCUT2D eigenvalue weighted by atomic mass is 10.1. The number of benzene rings is 1. The second-order valence-electron chi connectivity index (χ2n) is 6.18. The Morgan fingerprint density at radius 3 is 2.33 bits per heavy atom. The molecule has 1 N–H and O–H groups in total. The Bertz CT molecular complexity index is 533. The van der Waals surface area contributed by atoms with Crippen LogP contribution in [0.3, 0.4) is 0 Å². The lowest BCUT2D eigenvalue weighted by Crippen LogP contribution is -2.38. The van der Waals surface area contributed by atoms with Crippen LogP contribution >= 0.6 is 0 Å². The van der Waals surface area contributed by atoms with E-state index in [0.717, 1.165) is 11.3 Å². The number of anilines is 1. The minimum Gasteiger partial charge on any atom is -0.444 e. The highest BCUT2D eigenvalue weighted by Gasteiger charge is 2.21. The molecule has 1 aromatic carbocycles. The van der Waals surface area contributed by atoms with E-state index in [-0.39, 0.29) is 12.5 Å². The topological polar surface area (TPSA) is 58.6 Å². The van der Waals surface area contributed by atoms with Gasteiger partial charge in [0.15, 0.2) is 0 Å². The Morgan fingerprint density at radius 1 is 1.19 bits per heavy atom. The molecule has 0 spiro atoms. The first-order valence-corrected chi connectivity index (χ1v) is 6.90. The molecule has 116 valence electrons. The fourth-order valence-electron chi connectivity index (χ4n) is 1.64. The van der Waals surface area contributed by atoms with Gasteiger partial charge in [0, 0.05) is 12.7 Å². The van der Waals surface area contributed by atoms with Crippen LogP contribution in [0, 0.1) is 13.8 Å². The van der Waals surface area contributed by atoms with Gasteiger partial charge in [-0.1, -0.05) is 6.07 Å². The largest absolute Gasteiger partial charge is 0.444 e. The van der Waals surface area contributed by atoms with E-state index < -0.39 is 11.7 Å². The number of aryl methyl sites for hydroxylation is 2. The standard InChI is InChI=1S/C16H24N2O3/c1-11-7-8-13(9-12(11)2)17-14(19)10-18(6)15(20)21-16(3,4)5/h7-9H,10H2,1-6H3,(H,17,19). The number of likely N-dealkylation sites (N-methyl/N-ethyl adjacent to an activating group) is 1. The van der Waals surface area contributed by atoms with Gasteiger partial charge in [-0.25, -0.2) is 4.79 Å². The highest BCUT2D eigenvalue weighted by molar-refractivity contribution is 5.93. The van der Waals surface area contributed by atoms with Gasteiger partial charge < -0.3 is 15.0 Å². The molecular weight excluding hydrogens is 268 g/mol. The van der Waals surface area contributed by atoms with Crippen LogP contribution in [-0.2, 0) is 9.53 Å². The van der Waals surface area contributed by atoms with Gasteiger partial charge >= 0.3 is 6.09 Å². The van der Waals surface area contributed by atoms with Crippen molar-refractivity contribution < 1.29 is 14.3 Å². The average Bonchev–Trinajstić information content (AvgIpc) is 2.31. The van der Waals surface area contributed by atoms with E-state index in [4.69, 9.17) is 4.74 Å². The molecule has 5 heteroatoms. The van der Waals surface area contributed by atoms with Gasteiger partial charge in [-0.05, 0) is 57.9 Å². The van der Waals surface area contributed by atoms with Gasteiger partial charge in [0.05, 0.1) is 0 Å². The summed E-state index contributed by atoms with van der Waals surface area (Å²) >= 11 is 0. The summed E-state index contributed by atoms with van der Waals surface area (Å²) in [6.45, 7) is 9.30. The monoisotopic (exact) mass is 292 g/mol. The summed E-state index contributed by atoms with van der Waals surface area (Å²) in [7, 11) is 1.54. The van der Waals surface area contributed by atoms with Crippen molar-refractivity contribution in [3.05, 3.63) is 29.3 Å². The number of nitrogens with one attached hydrogen (secondary N) is 1. The summed E-state index contributed by atoms with van der Waals surface area (Å²) in [6.07, 6.45) is -0.516. The predicted octanol–water partition coefficient (Wildman–Crippen LogP) is 3.11. The third-order valence-corrected chi connectivity index (χ3v) is 2.88. The maximum absolute atomic E-state index is 11.9. The molecule has 5 nitrogen and oxygen atoms in total. The van der Waals surface area contributed by atoms with E-state index in [0.29, 0.717) is 0 Å². The first-order valence-electron chi connectivity index (χ1n) is 6.90. The Kier molecular flexibility index (Phi) is 5.35. The third kappa shape index (κ3) is 5.85. The van der Waals surface area contributed by atoms with E-state index >= 15 is 0 Å². The normalized spacial score (nSPS) is 11.0. The second-order valence-corrected chi connectivity index (χ2v) is 6.18. The van der Waals surface area contributed by atoms with Gasteiger partial charge in [-0.15, -0.1) is 0 Å². The number of nitrogens with zero attached hydrogens (tertiary/aromatic N) is 1.